The number of hydrogen-bond donors (Lipinski definition) is 1. The van der Waals surface area contributed by atoms with Crippen molar-refractivity contribution in [2.45, 2.75) is 31.6 Å². The first-order chi connectivity index (χ1) is 34.0. The summed E-state index contributed by atoms with van der Waals surface area (Å²) in [4.78, 5) is 39.5. The van der Waals surface area contributed by atoms with Gasteiger partial charge in [0.15, 0.2) is 17.3 Å². The van der Waals surface area contributed by atoms with E-state index in [0.29, 0.717) is 39.6 Å². The molecule has 0 aliphatic heterocycles. The van der Waals surface area contributed by atoms with Gasteiger partial charge in [0, 0.05) is 33.4 Å². The van der Waals surface area contributed by atoms with Crippen molar-refractivity contribution >= 4 is 27.5 Å². The Kier molecular flexibility index (Phi) is 15.1. The van der Waals surface area contributed by atoms with E-state index in [1.54, 1.807) is 72.8 Å². The van der Waals surface area contributed by atoms with Gasteiger partial charge < -0.3 is 9.47 Å². The third kappa shape index (κ3) is 11.9. The zero-order chi connectivity index (χ0) is 52.0. The van der Waals surface area contributed by atoms with E-state index >= 15 is 0 Å². The number of carbonyl (C=O) groups is 3. The fourth-order valence-corrected chi connectivity index (χ4v) is 7.79. The molecule has 15 heteroatoms. The highest BCUT2D eigenvalue weighted by Gasteiger charge is 2.72. The van der Waals surface area contributed by atoms with Crippen molar-refractivity contribution in [3.05, 3.63) is 250 Å². The van der Waals surface area contributed by atoms with Crippen molar-refractivity contribution in [2.75, 3.05) is 6.26 Å². The van der Waals surface area contributed by atoms with E-state index in [1.165, 1.54) is 48.5 Å². The molecule has 1 N–H and O–H groups in total. The van der Waals surface area contributed by atoms with Gasteiger partial charge in [-0.05, 0) is 121 Å². The standard InChI is InChI=1S/C56H38F6O5.CH4O3S/c1-35-8-11-39(12-9-35)51(63)41-18-26-46(27-19-41)66-48-30-22-44(23-31-48)54(55(57,58)59,56(60,61)62)45-24-32-49(33-25-45)67-47-28-20-42(21-29-47)52(64)40-16-14-37(15-17-40)43-13-10-36(2)50(34-43)53(65)38-6-4-3-5-7-38;1-5(2,3)4/h3-34H,1-2H3;1H3,(H,2,3,4). The molecule has 366 valence electrons. The molecular formula is C57H42F6O8S. The molecule has 0 heterocycles. The van der Waals surface area contributed by atoms with Crippen molar-refractivity contribution in [3.63, 3.8) is 0 Å². The van der Waals surface area contributed by atoms with Crippen LogP contribution in [0.2, 0.25) is 0 Å². The lowest BCUT2D eigenvalue weighted by Crippen LogP contribution is -2.54. The smallest absolute Gasteiger partial charge is 0.411 e. The number of aryl methyl sites for hydroxylation is 2. The van der Waals surface area contributed by atoms with Crippen molar-refractivity contribution in [1.29, 1.82) is 0 Å². The van der Waals surface area contributed by atoms with Crippen LogP contribution >= 0.6 is 0 Å². The molecule has 0 unspecified atom stereocenters. The minimum atomic E-state index is -5.83. The molecule has 8 aromatic rings. The Morgan fingerprint density at radius 3 is 1.12 bits per heavy atom. The van der Waals surface area contributed by atoms with E-state index in [4.69, 9.17) is 14.0 Å². The van der Waals surface area contributed by atoms with Crippen LogP contribution in [0.5, 0.6) is 23.0 Å². The van der Waals surface area contributed by atoms with Gasteiger partial charge in [0.2, 0.25) is 5.41 Å². The number of halogens is 6. The Bertz CT molecular complexity index is 3300. The molecular weight excluding hydrogens is 959 g/mol. The lowest BCUT2D eigenvalue weighted by molar-refractivity contribution is -0.288. The van der Waals surface area contributed by atoms with Gasteiger partial charge in [-0.1, -0.05) is 121 Å². The molecule has 0 fully saturated rings. The number of benzene rings is 8. The Hall–Kier alpha value is -8.14. The fourth-order valence-electron chi connectivity index (χ4n) is 7.79. The Balaban J connectivity index is 0.00000145. The maximum atomic E-state index is 15.0. The quantitative estimate of drug-likeness (QED) is 0.0688. The van der Waals surface area contributed by atoms with Gasteiger partial charge in [-0.2, -0.15) is 34.8 Å². The van der Waals surface area contributed by atoms with Crippen LogP contribution in [0, 0.1) is 13.8 Å². The van der Waals surface area contributed by atoms with Crippen LogP contribution in [-0.4, -0.2) is 48.9 Å². The topological polar surface area (TPSA) is 124 Å². The van der Waals surface area contributed by atoms with Crippen molar-refractivity contribution in [1.82, 2.24) is 0 Å². The van der Waals surface area contributed by atoms with Crippen LogP contribution in [0.4, 0.5) is 26.3 Å². The third-order valence-corrected chi connectivity index (χ3v) is 11.4. The minimum Gasteiger partial charge on any atom is -0.457 e. The van der Waals surface area contributed by atoms with Crippen molar-refractivity contribution in [2.24, 2.45) is 0 Å². The number of ether oxygens (including phenoxy) is 2. The second-order valence-corrected chi connectivity index (χ2v) is 18.1. The van der Waals surface area contributed by atoms with Gasteiger partial charge in [-0.15, -0.1) is 0 Å². The Morgan fingerprint density at radius 2 is 0.750 bits per heavy atom. The van der Waals surface area contributed by atoms with E-state index in [2.05, 4.69) is 0 Å². The molecule has 72 heavy (non-hydrogen) atoms. The summed E-state index contributed by atoms with van der Waals surface area (Å²) < 4.78 is 127. The van der Waals surface area contributed by atoms with Gasteiger partial charge in [0.05, 0.1) is 6.26 Å². The summed E-state index contributed by atoms with van der Waals surface area (Å²) in [7, 11) is -3.67. The van der Waals surface area contributed by atoms with Gasteiger partial charge in [0.1, 0.15) is 23.0 Å². The van der Waals surface area contributed by atoms with Gasteiger partial charge in [0.25, 0.3) is 10.1 Å². The first kappa shape index (κ1) is 51.7. The molecule has 0 amide bonds. The van der Waals surface area contributed by atoms with Crippen LogP contribution in [0.1, 0.15) is 70.0 Å². The number of ketones is 3. The van der Waals surface area contributed by atoms with E-state index in [1.807, 2.05) is 38.1 Å². The van der Waals surface area contributed by atoms with Crippen LogP contribution in [0.25, 0.3) is 11.1 Å². The molecule has 8 rings (SSSR count). The molecule has 0 atom stereocenters. The summed E-state index contributed by atoms with van der Waals surface area (Å²) >= 11 is 0. The van der Waals surface area contributed by atoms with Crippen LogP contribution in [0.15, 0.2) is 194 Å². The summed E-state index contributed by atoms with van der Waals surface area (Å²) in [5.74, 6) is -0.314. The molecule has 0 aliphatic carbocycles. The van der Waals surface area contributed by atoms with Crippen LogP contribution in [0.3, 0.4) is 0 Å². The summed E-state index contributed by atoms with van der Waals surface area (Å²) in [5, 5.41) is 0. The van der Waals surface area contributed by atoms with Gasteiger partial charge in [-0.3, -0.25) is 18.9 Å². The predicted octanol–water partition coefficient (Wildman–Crippen LogP) is 14.2. The molecule has 0 radical (unpaired) electrons. The maximum absolute atomic E-state index is 15.0. The largest absolute Gasteiger partial charge is 0.457 e. The zero-order valence-electron chi connectivity index (χ0n) is 38.5. The first-order valence-corrected chi connectivity index (χ1v) is 23.7. The molecule has 0 aliphatic rings. The minimum absolute atomic E-state index is 0.0277. The predicted molar refractivity (Wildman–Crippen MR) is 261 cm³/mol. The second-order valence-electron chi connectivity index (χ2n) is 16.6. The molecule has 0 bridgehead atoms. The lowest BCUT2D eigenvalue weighted by Gasteiger charge is -2.38. The number of rotatable bonds is 13. The number of hydrogen-bond acceptors (Lipinski definition) is 7. The lowest BCUT2D eigenvalue weighted by atomic mass is 9.73. The maximum Gasteiger partial charge on any atom is 0.411 e. The zero-order valence-corrected chi connectivity index (χ0v) is 39.3. The average Bonchev–Trinajstić information content (AvgIpc) is 3.34. The Labute approximate surface area is 410 Å². The number of alkyl halides is 6. The summed E-state index contributed by atoms with van der Waals surface area (Å²) in [6, 6.07) is 47.4. The first-order valence-electron chi connectivity index (χ1n) is 21.8. The van der Waals surface area contributed by atoms with Gasteiger partial charge in [-0.25, -0.2) is 0 Å². The summed E-state index contributed by atoms with van der Waals surface area (Å²) in [6.45, 7) is 3.76. The van der Waals surface area contributed by atoms with Crippen LogP contribution < -0.4 is 9.47 Å². The van der Waals surface area contributed by atoms with Crippen molar-refractivity contribution in [3.8, 4) is 34.1 Å². The van der Waals surface area contributed by atoms with Crippen LogP contribution in [-0.2, 0) is 15.5 Å². The Morgan fingerprint density at radius 1 is 0.431 bits per heavy atom. The second kappa shape index (κ2) is 21.1. The highest BCUT2D eigenvalue weighted by Crippen LogP contribution is 2.56. The molecule has 0 saturated heterocycles. The highest BCUT2D eigenvalue weighted by atomic mass is 32.2. The molecule has 0 aromatic heterocycles. The van der Waals surface area contributed by atoms with Crippen molar-refractivity contribution < 1.29 is 63.2 Å². The normalized spacial score (nSPS) is 11.8. The third-order valence-electron chi connectivity index (χ3n) is 11.4. The average molecular weight is 1000 g/mol. The van der Waals surface area contributed by atoms with Gasteiger partial charge >= 0.3 is 12.4 Å². The summed E-state index contributed by atoms with van der Waals surface area (Å²) in [6.07, 6.45) is -10.9. The molecule has 8 aromatic carbocycles. The molecule has 0 saturated carbocycles. The summed E-state index contributed by atoms with van der Waals surface area (Å²) in [5.41, 5.74) is -0.484. The van der Waals surface area contributed by atoms with E-state index < -0.39 is 39.0 Å². The van der Waals surface area contributed by atoms with E-state index in [0.717, 1.165) is 70.8 Å². The molecule has 0 spiro atoms. The number of carbonyl (C=O) groups excluding carboxylic acids is 3. The fraction of sp³-hybridized carbons (Fsp3) is 0.105. The SMILES string of the molecule is CS(=O)(=O)O.Cc1ccc(C(=O)c2ccc(Oc3ccc(C(c4ccc(Oc5ccc(C(=O)c6ccc(-c7ccc(C)c(C(=O)c8ccccc8)c7)cc6)cc5)cc4)(C(F)(F)F)C(F)(F)F)cc3)cc2)cc1. The van der Waals surface area contributed by atoms with E-state index in [9.17, 15) is 49.1 Å². The highest BCUT2D eigenvalue weighted by molar-refractivity contribution is 7.85. The van der Waals surface area contributed by atoms with E-state index in [-0.39, 0.29) is 40.3 Å². The molecule has 8 nitrogen and oxygen atoms in total. The monoisotopic (exact) mass is 1000 g/mol.